The van der Waals surface area contributed by atoms with Gasteiger partial charge in [0.2, 0.25) is 12.7 Å². The van der Waals surface area contributed by atoms with Crippen molar-refractivity contribution in [2.24, 2.45) is 10.8 Å². The molecule has 2 heterocycles. The maximum absolute atomic E-state index is 13.5. The van der Waals surface area contributed by atoms with E-state index in [-0.39, 0.29) is 23.9 Å². The number of ether oxygens (including phenoxy) is 2. The quantitative estimate of drug-likeness (QED) is 0.0914. The molecule has 1 atom stereocenters. The van der Waals surface area contributed by atoms with Crippen molar-refractivity contribution in [3.63, 3.8) is 0 Å². The Morgan fingerprint density at radius 1 is 1.09 bits per heavy atom. The number of hydrogen-bond donors (Lipinski definition) is 3. The summed E-state index contributed by atoms with van der Waals surface area (Å²) in [7, 11) is -7.93. The van der Waals surface area contributed by atoms with E-state index in [1.807, 2.05) is 6.92 Å². The zero-order chi connectivity index (χ0) is 35.3. The Morgan fingerprint density at radius 2 is 1.72 bits per heavy atom. The highest BCUT2D eigenvalue weighted by Gasteiger charge is 2.47. The zero-order valence-corrected chi connectivity index (χ0v) is 28.9. The van der Waals surface area contributed by atoms with E-state index in [0.29, 0.717) is 30.6 Å². The van der Waals surface area contributed by atoms with E-state index in [0.717, 1.165) is 5.56 Å². The number of carboxylic acids is 1. The van der Waals surface area contributed by atoms with Crippen molar-refractivity contribution < 1.29 is 50.8 Å². The van der Waals surface area contributed by atoms with Crippen LogP contribution in [0.15, 0.2) is 41.7 Å². The molecule has 4 rings (SSSR count). The number of anilines is 1. The van der Waals surface area contributed by atoms with Gasteiger partial charge in [-0.3, -0.25) is 23.2 Å². The lowest BCUT2D eigenvalue weighted by atomic mass is 9.90. The van der Waals surface area contributed by atoms with Crippen molar-refractivity contribution in [1.29, 1.82) is 0 Å². The van der Waals surface area contributed by atoms with Crippen molar-refractivity contribution in [3.8, 4) is 0 Å². The topological polar surface area (TPSA) is 232 Å². The summed E-state index contributed by atoms with van der Waals surface area (Å²) < 4.78 is 66.8. The van der Waals surface area contributed by atoms with Crippen LogP contribution in [0.1, 0.15) is 59.4 Å². The predicted octanol–water partition coefficient (Wildman–Crippen LogP) is 4.43. The third-order valence-electron chi connectivity index (χ3n) is 7.14. The lowest BCUT2D eigenvalue weighted by Crippen LogP contribution is -2.26. The van der Waals surface area contributed by atoms with Crippen molar-refractivity contribution in [2.75, 3.05) is 25.5 Å². The Hall–Kier alpha value is -3.47. The summed E-state index contributed by atoms with van der Waals surface area (Å²) in [5.41, 5.74) is 5.29. The van der Waals surface area contributed by atoms with Gasteiger partial charge in [0.1, 0.15) is 11.9 Å². The number of aryl methyl sites for hydroxylation is 1. The minimum absolute atomic E-state index is 0.0666. The summed E-state index contributed by atoms with van der Waals surface area (Å²) in [4.78, 5) is 35.8. The average Bonchev–Trinajstić information content (AvgIpc) is 3.63. The zero-order valence-electron chi connectivity index (χ0n) is 27.2. The molecule has 1 aliphatic carbocycles. The molecule has 1 unspecified atom stereocenters. The SMILES string of the molecule is CC(C)(C)C(=O)OCOP(=O)(COC1(Cn2cnc3cnc(N)nc32)CC1)OCCC(C)(C)C(=O)O.Cc1ccc(S(=O)(=O)O)cc1. The molecule has 260 valence electrons. The fourth-order valence-electron chi connectivity index (χ4n) is 3.74. The Balaban J connectivity index is 0.000000461. The van der Waals surface area contributed by atoms with Crippen LogP contribution in [-0.2, 0) is 49.3 Å². The minimum Gasteiger partial charge on any atom is -0.481 e. The summed E-state index contributed by atoms with van der Waals surface area (Å²) in [5.74, 6) is -1.42. The van der Waals surface area contributed by atoms with Gasteiger partial charge in [0.15, 0.2) is 5.65 Å². The molecule has 0 radical (unpaired) electrons. The first kappa shape index (κ1) is 38.0. The molecular weight excluding hydrogens is 657 g/mol. The summed E-state index contributed by atoms with van der Waals surface area (Å²) in [6.07, 6.45) is 4.20. The molecule has 0 saturated heterocycles. The van der Waals surface area contributed by atoms with Crippen LogP contribution in [0.25, 0.3) is 11.2 Å². The van der Waals surface area contributed by atoms with Gasteiger partial charge in [0.25, 0.3) is 10.1 Å². The van der Waals surface area contributed by atoms with Gasteiger partial charge >= 0.3 is 19.5 Å². The first-order chi connectivity index (χ1) is 21.6. The number of nitrogen functional groups attached to an aromatic ring is 1. The lowest BCUT2D eigenvalue weighted by molar-refractivity contribution is -0.160. The number of carbonyl (C=O) groups is 2. The summed E-state index contributed by atoms with van der Waals surface area (Å²) in [6.45, 7) is 9.59. The maximum Gasteiger partial charge on any atom is 0.359 e. The fraction of sp³-hybridized carbons (Fsp3) is 0.552. The molecule has 16 nitrogen and oxygen atoms in total. The first-order valence-corrected chi connectivity index (χ1v) is 17.7. The Morgan fingerprint density at radius 3 is 2.28 bits per heavy atom. The molecule has 4 N–H and O–H groups in total. The van der Waals surface area contributed by atoms with E-state index >= 15 is 0 Å². The number of benzene rings is 1. The van der Waals surface area contributed by atoms with Gasteiger partial charge in [-0.15, -0.1) is 0 Å². The van der Waals surface area contributed by atoms with E-state index in [9.17, 15) is 27.7 Å². The number of nitrogens with zero attached hydrogens (tertiary/aromatic N) is 4. The molecule has 0 spiro atoms. The lowest BCUT2D eigenvalue weighted by Gasteiger charge is -2.25. The minimum atomic E-state index is -4.02. The maximum atomic E-state index is 13.5. The second-order valence-corrected chi connectivity index (χ2v) is 16.3. The number of carbonyl (C=O) groups excluding carboxylic acids is 1. The van der Waals surface area contributed by atoms with Gasteiger partial charge in [0.05, 0.1) is 47.0 Å². The van der Waals surface area contributed by atoms with Crippen LogP contribution in [0.4, 0.5) is 5.95 Å². The number of rotatable bonds is 14. The number of hydrogen-bond acceptors (Lipinski definition) is 13. The highest BCUT2D eigenvalue weighted by molar-refractivity contribution is 7.85. The number of esters is 1. The number of carboxylic acid groups (broad SMARTS) is 1. The van der Waals surface area contributed by atoms with Gasteiger partial charge in [-0.25, -0.2) is 9.97 Å². The number of nitrogens with two attached hydrogens (primary N) is 1. The molecule has 2 aromatic heterocycles. The molecule has 18 heteroatoms. The molecule has 47 heavy (non-hydrogen) atoms. The largest absolute Gasteiger partial charge is 0.481 e. The molecule has 0 bridgehead atoms. The van der Waals surface area contributed by atoms with Gasteiger partial charge < -0.3 is 29.4 Å². The Bertz CT molecular complexity index is 1720. The van der Waals surface area contributed by atoms with E-state index in [1.165, 1.54) is 32.2 Å². The number of aliphatic carboxylic acids is 1. The molecule has 0 aliphatic heterocycles. The first-order valence-electron chi connectivity index (χ1n) is 14.6. The molecule has 3 aromatic rings. The molecule has 1 aromatic carbocycles. The summed E-state index contributed by atoms with van der Waals surface area (Å²) >= 11 is 0. The van der Waals surface area contributed by atoms with Crippen LogP contribution in [0.2, 0.25) is 0 Å². The van der Waals surface area contributed by atoms with E-state index < -0.39 is 59.2 Å². The van der Waals surface area contributed by atoms with Crippen molar-refractivity contribution in [1.82, 2.24) is 19.5 Å². The van der Waals surface area contributed by atoms with Crippen LogP contribution in [-0.4, -0.2) is 74.9 Å². The summed E-state index contributed by atoms with van der Waals surface area (Å²) in [5, 5.41) is 9.32. The molecule has 1 aliphatic rings. The summed E-state index contributed by atoms with van der Waals surface area (Å²) in [6, 6.07) is 5.99. The highest BCUT2D eigenvalue weighted by Crippen LogP contribution is 2.52. The second-order valence-electron chi connectivity index (χ2n) is 12.9. The van der Waals surface area contributed by atoms with E-state index in [4.69, 9.17) is 28.8 Å². The van der Waals surface area contributed by atoms with E-state index in [1.54, 1.807) is 43.8 Å². The Labute approximate surface area is 273 Å². The van der Waals surface area contributed by atoms with Crippen molar-refractivity contribution in [2.45, 2.75) is 77.8 Å². The van der Waals surface area contributed by atoms with Crippen LogP contribution < -0.4 is 5.73 Å². The second kappa shape index (κ2) is 14.7. The van der Waals surface area contributed by atoms with Crippen LogP contribution in [0.5, 0.6) is 0 Å². The number of fused-ring (bicyclic) bond motifs is 1. The third kappa shape index (κ3) is 11.3. The van der Waals surface area contributed by atoms with Crippen LogP contribution >= 0.6 is 7.60 Å². The standard InChI is InChI=1S/C22H34N5O8P.C7H8O3S/c1-20(2,3)18(30)32-13-35-36(31,34-9-8-21(4,5)17(28)29)14-33-22(6-7-22)11-27-12-25-15-10-24-19(23)26-16(15)27;1-6-2-4-7(5-3-6)11(8,9)10/h10,12H,6-9,11,13-14H2,1-5H3,(H,28,29)(H2,23,24,26);2-5H,1H3,(H,8,9,10). The predicted molar refractivity (Wildman–Crippen MR) is 170 cm³/mol. The third-order valence-corrected chi connectivity index (χ3v) is 9.52. The van der Waals surface area contributed by atoms with Crippen molar-refractivity contribution >= 4 is 46.8 Å². The van der Waals surface area contributed by atoms with E-state index in [2.05, 4.69) is 15.0 Å². The Kier molecular flexibility index (Phi) is 11.9. The number of aromatic nitrogens is 4. The highest BCUT2D eigenvalue weighted by atomic mass is 32.2. The van der Waals surface area contributed by atoms with Crippen LogP contribution in [0, 0.1) is 17.8 Å². The monoisotopic (exact) mass is 699 g/mol. The van der Waals surface area contributed by atoms with Gasteiger partial charge in [-0.1, -0.05) is 17.7 Å². The fourth-order valence-corrected chi connectivity index (χ4v) is 5.46. The normalized spacial score (nSPS) is 15.7. The van der Waals surface area contributed by atoms with Crippen LogP contribution in [0.3, 0.4) is 0 Å². The smallest absolute Gasteiger partial charge is 0.359 e. The van der Waals surface area contributed by atoms with Gasteiger partial charge in [-0.2, -0.15) is 13.4 Å². The average molecular weight is 700 g/mol. The van der Waals surface area contributed by atoms with Gasteiger partial charge in [0, 0.05) is 0 Å². The van der Waals surface area contributed by atoms with Gasteiger partial charge in [-0.05, 0) is 72.9 Å². The van der Waals surface area contributed by atoms with Crippen molar-refractivity contribution in [3.05, 3.63) is 42.4 Å². The molecule has 1 fully saturated rings. The number of imidazole rings is 1. The molecule has 1 saturated carbocycles. The molecule has 0 amide bonds. The molecular formula is C29H42N5O11PS.